The minimum atomic E-state index is -0.706. The number of aromatic nitrogens is 1. The van der Waals surface area contributed by atoms with E-state index in [0.29, 0.717) is 45.7 Å². The molecule has 4 rings (SSSR count). The van der Waals surface area contributed by atoms with E-state index in [0.717, 1.165) is 5.56 Å². The number of ether oxygens (including phenoxy) is 3. The Labute approximate surface area is 227 Å². The van der Waals surface area contributed by atoms with Crippen LogP contribution in [-0.2, 0) is 20.9 Å². The molecule has 2 aliphatic rings. The van der Waals surface area contributed by atoms with Gasteiger partial charge in [-0.1, -0.05) is 23.9 Å². The second-order valence-corrected chi connectivity index (χ2v) is 10.6. The summed E-state index contributed by atoms with van der Waals surface area (Å²) >= 11 is 1.41. The van der Waals surface area contributed by atoms with E-state index in [4.69, 9.17) is 19.2 Å². The molecule has 0 bridgehead atoms. The van der Waals surface area contributed by atoms with Crippen LogP contribution in [0.2, 0.25) is 0 Å². The number of rotatable bonds is 8. The highest BCUT2D eigenvalue weighted by atomic mass is 32.2. The first-order valence-corrected chi connectivity index (χ1v) is 13.0. The van der Waals surface area contributed by atoms with Crippen LogP contribution >= 0.6 is 11.8 Å². The molecule has 0 aliphatic carbocycles. The Morgan fingerprint density at radius 1 is 1.11 bits per heavy atom. The number of hydrogen-bond acceptors (Lipinski definition) is 9. The second-order valence-electron chi connectivity index (χ2n) is 9.79. The molecule has 0 saturated heterocycles. The Morgan fingerprint density at radius 2 is 1.84 bits per heavy atom. The summed E-state index contributed by atoms with van der Waals surface area (Å²) in [5.41, 5.74) is 2.58. The fourth-order valence-electron chi connectivity index (χ4n) is 4.31. The number of amides is 1. The quantitative estimate of drug-likeness (QED) is 0.484. The number of allylic oxidation sites excluding steroid dienone is 1. The highest BCUT2D eigenvalue weighted by molar-refractivity contribution is 8.16. The lowest BCUT2D eigenvalue weighted by atomic mass is 9.92. The van der Waals surface area contributed by atoms with Gasteiger partial charge in [0, 0.05) is 30.2 Å². The van der Waals surface area contributed by atoms with Gasteiger partial charge >= 0.3 is 5.97 Å². The lowest BCUT2D eigenvalue weighted by Crippen LogP contribution is -2.39. The number of carbonyl (C=O) groups excluding carboxylic acids is 2. The molecular formula is C28H32N4O5S. The number of para-hydroxylation sites is 1. The summed E-state index contributed by atoms with van der Waals surface area (Å²) in [6.07, 6.45) is 3.47. The van der Waals surface area contributed by atoms with Crippen molar-refractivity contribution < 1.29 is 23.8 Å². The van der Waals surface area contributed by atoms with Crippen LogP contribution in [-0.4, -0.2) is 46.7 Å². The number of hydrogen-bond donors (Lipinski definition) is 1. The molecule has 9 nitrogen and oxygen atoms in total. The Hall–Kier alpha value is -3.79. The highest BCUT2D eigenvalue weighted by Crippen LogP contribution is 2.48. The first-order chi connectivity index (χ1) is 18.1. The Kier molecular flexibility index (Phi) is 8.11. The Morgan fingerprint density at radius 3 is 2.50 bits per heavy atom. The first-order valence-electron chi connectivity index (χ1n) is 12.2. The number of aliphatic imine (C=N–C) groups is 1. The van der Waals surface area contributed by atoms with Gasteiger partial charge < -0.3 is 24.4 Å². The van der Waals surface area contributed by atoms with E-state index in [-0.39, 0.29) is 12.3 Å². The zero-order valence-electron chi connectivity index (χ0n) is 22.4. The number of esters is 1. The van der Waals surface area contributed by atoms with E-state index in [2.05, 4.69) is 10.3 Å². The number of benzene rings is 1. The first kappa shape index (κ1) is 27.3. The van der Waals surface area contributed by atoms with Crippen LogP contribution in [0, 0.1) is 0 Å². The van der Waals surface area contributed by atoms with Crippen molar-refractivity contribution in [2.75, 3.05) is 14.2 Å². The molecule has 0 spiro atoms. The van der Waals surface area contributed by atoms with E-state index in [1.807, 2.05) is 55.3 Å². The number of thioether (sulfide) groups is 1. The SMILES string of the molecule is COc1cccc([C@H]2C(C(=O)OC(C)(C)C)=C(C)N=C3SC=C(CC(=O)NCc4ccncc4)N32)c1OC. The van der Waals surface area contributed by atoms with Crippen molar-refractivity contribution in [3.8, 4) is 11.5 Å². The van der Waals surface area contributed by atoms with Crippen molar-refractivity contribution >= 4 is 28.8 Å². The highest BCUT2D eigenvalue weighted by Gasteiger charge is 2.43. The Balaban J connectivity index is 1.71. The number of carbonyl (C=O) groups is 2. The fourth-order valence-corrected chi connectivity index (χ4v) is 5.28. The monoisotopic (exact) mass is 536 g/mol. The van der Waals surface area contributed by atoms with Crippen LogP contribution in [0.4, 0.5) is 0 Å². The van der Waals surface area contributed by atoms with Crippen molar-refractivity contribution in [1.82, 2.24) is 15.2 Å². The minimum Gasteiger partial charge on any atom is -0.493 e. The van der Waals surface area contributed by atoms with E-state index in [1.54, 1.807) is 39.6 Å². The van der Waals surface area contributed by atoms with Crippen LogP contribution in [0.1, 0.15) is 51.3 Å². The van der Waals surface area contributed by atoms with E-state index >= 15 is 0 Å². The molecule has 200 valence electrons. The van der Waals surface area contributed by atoms with Crippen LogP contribution in [0.25, 0.3) is 0 Å². The van der Waals surface area contributed by atoms with Gasteiger partial charge in [-0.2, -0.15) is 0 Å². The van der Waals surface area contributed by atoms with Crippen molar-refractivity contribution in [2.45, 2.75) is 52.3 Å². The maximum Gasteiger partial charge on any atom is 0.338 e. The standard InChI is InChI=1S/C28H32N4O5S/c1-17-23(26(34)37-28(2,3)4)24(20-8-7-9-21(35-5)25(20)36-6)32-19(16-38-27(32)31-17)14-22(33)30-15-18-10-12-29-13-11-18/h7-13,16,24H,14-15H2,1-6H3,(H,30,33)/t24-/m0/s1. The average molecular weight is 537 g/mol. The third-order valence-corrected chi connectivity index (χ3v) is 6.82. The number of fused-ring (bicyclic) bond motifs is 1. The Bertz CT molecular complexity index is 1310. The summed E-state index contributed by atoms with van der Waals surface area (Å²) in [5, 5.41) is 5.53. The van der Waals surface area contributed by atoms with Gasteiger partial charge in [-0.05, 0) is 56.9 Å². The predicted molar refractivity (Wildman–Crippen MR) is 146 cm³/mol. The molecule has 10 heteroatoms. The molecule has 1 aromatic heterocycles. The lowest BCUT2D eigenvalue weighted by Gasteiger charge is -2.37. The maximum atomic E-state index is 13.6. The second kappa shape index (κ2) is 11.3. The molecule has 1 aromatic carbocycles. The maximum absolute atomic E-state index is 13.6. The molecule has 1 atom stereocenters. The number of nitrogens with zero attached hydrogens (tertiary/aromatic N) is 3. The molecular weight excluding hydrogens is 504 g/mol. The molecule has 2 aliphatic heterocycles. The summed E-state index contributed by atoms with van der Waals surface area (Å²) < 4.78 is 17.1. The van der Waals surface area contributed by atoms with E-state index in [9.17, 15) is 9.59 Å². The zero-order valence-corrected chi connectivity index (χ0v) is 23.2. The van der Waals surface area contributed by atoms with E-state index < -0.39 is 17.6 Å². The minimum absolute atomic E-state index is 0.0978. The normalized spacial score (nSPS) is 16.9. The summed E-state index contributed by atoms with van der Waals surface area (Å²) in [5.74, 6) is 0.388. The van der Waals surface area contributed by atoms with Crippen molar-refractivity contribution in [2.24, 2.45) is 4.99 Å². The summed E-state index contributed by atoms with van der Waals surface area (Å²) in [7, 11) is 3.13. The fraction of sp³-hybridized carbons (Fsp3) is 0.357. The third-order valence-electron chi connectivity index (χ3n) is 5.93. The van der Waals surface area contributed by atoms with Crippen LogP contribution in [0.5, 0.6) is 11.5 Å². The number of amidine groups is 1. The van der Waals surface area contributed by atoms with Gasteiger partial charge in [-0.25, -0.2) is 9.79 Å². The topological polar surface area (TPSA) is 102 Å². The molecule has 2 aromatic rings. The molecule has 3 heterocycles. The lowest BCUT2D eigenvalue weighted by molar-refractivity contribution is -0.150. The van der Waals surface area contributed by atoms with Gasteiger partial charge in [-0.3, -0.25) is 9.78 Å². The van der Waals surface area contributed by atoms with Gasteiger partial charge in [0.25, 0.3) is 0 Å². The smallest absolute Gasteiger partial charge is 0.338 e. The zero-order chi connectivity index (χ0) is 27.4. The van der Waals surface area contributed by atoms with Gasteiger partial charge in [0.1, 0.15) is 5.60 Å². The molecule has 1 amide bonds. The summed E-state index contributed by atoms with van der Waals surface area (Å²) in [6, 6.07) is 8.59. The van der Waals surface area contributed by atoms with Gasteiger partial charge in [0.2, 0.25) is 5.91 Å². The third kappa shape index (κ3) is 5.85. The molecule has 0 saturated carbocycles. The van der Waals surface area contributed by atoms with Crippen LogP contribution in [0.3, 0.4) is 0 Å². The largest absolute Gasteiger partial charge is 0.493 e. The molecule has 0 fully saturated rings. The number of pyridine rings is 1. The molecule has 1 N–H and O–H groups in total. The van der Waals surface area contributed by atoms with Gasteiger partial charge in [-0.15, -0.1) is 0 Å². The van der Waals surface area contributed by atoms with Gasteiger partial charge in [0.15, 0.2) is 16.7 Å². The van der Waals surface area contributed by atoms with E-state index in [1.165, 1.54) is 11.8 Å². The van der Waals surface area contributed by atoms with Crippen LogP contribution < -0.4 is 14.8 Å². The molecule has 0 radical (unpaired) electrons. The van der Waals surface area contributed by atoms with Crippen molar-refractivity contribution in [3.63, 3.8) is 0 Å². The predicted octanol–water partition coefficient (Wildman–Crippen LogP) is 4.72. The number of methoxy groups -OCH3 is 2. The van der Waals surface area contributed by atoms with Crippen molar-refractivity contribution in [3.05, 3.63) is 76.2 Å². The molecule has 38 heavy (non-hydrogen) atoms. The average Bonchev–Trinajstić information content (AvgIpc) is 3.27. The summed E-state index contributed by atoms with van der Waals surface area (Å²) in [6.45, 7) is 7.65. The van der Waals surface area contributed by atoms with Gasteiger partial charge in [0.05, 0.1) is 38.0 Å². The van der Waals surface area contributed by atoms with Crippen molar-refractivity contribution in [1.29, 1.82) is 0 Å². The summed E-state index contributed by atoms with van der Waals surface area (Å²) in [4.78, 5) is 37.2. The van der Waals surface area contributed by atoms with Crippen LogP contribution in [0.15, 0.2) is 70.1 Å². The number of nitrogens with one attached hydrogen (secondary N) is 1. The molecule has 0 unspecified atom stereocenters.